The second-order valence-corrected chi connectivity index (χ2v) is 9.15. The van der Waals surface area contributed by atoms with Gasteiger partial charge >= 0.3 is 0 Å². The Balaban J connectivity index is 1.72. The van der Waals surface area contributed by atoms with Crippen LogP contribution in [0.5, 0.6) is 0 Å². The molecule has 1 heterocycles. The molecule has 23 heavy (non-hydrogen) atoms. The summed E-state index contributed by atoms with van der Waals surface area (Å²) in [6.07, 6.45) is 3.27. The van der Waals surface area contributed by atoms with Gasteiger partial charge < -0.3 is 0 Å². The Morgan fingerprint density at radius 3 is 2.65 bits per heavy atom. The Hall–Kier alpha value is -1.20. The molecule has 1 unspecified atom stereocenters. The number of carbonyl (C=O) groups is 1. The van der Waals surface area contributed by atoms with Gasteiger partial charge in [0.25, 0.3) is 5.91 Å². The van der Waals surface area contributed by atoms with Gasteiger partial charge in [0, 0.05) is 14.9 Å². The first-order chi connectivity index (χ1) is 10.8. The van der Waals surface area contributed by atoms with E-state index in [4.69, 9.17) is 0 Å². The Kier molecular flexibility index (Phi) is 4.61. The van der Waals surface area contributed by atoms with Crippen molar-refractivity contribution in [3.05, 3.63) is 44.9 Å². The zero-order valence-electron chi connectivity index (χ0n) is 13.6. The van der Waals surface area contributed by atoms with Crippen molar-refractivity contribution in [2.75, 3.05) is 5.32 Å². The minimum absolute atomic E-state index is 0.101. The molecule has 0 saturated heterocycles. The molecular formula is C18H21BrN2OS. The summed E-state index contributed by atoms with van der Waals surface area (Å²) < 4.78 is 0.965. The lowest BCUT2D eigenvalue weighted by molar-refractivity contribution is 0.102. The molecule has 122 valence electrons. The maximum absolute atomic E-state index is 12.3. The van der Waals surface area contributed by atoms with Gasteiger partial charge in [-0.25, -0.2) is 4.98 Å². The number of hydrogen-bond donors (Lipinski definition) is 1. The standard InChI is InChI=1S/C18H21BrN2OS/c1-18(2,3)12-6-9-14-15(10-12)23-17(20-14)21-16(22)11-4-7-13(19)8-5-11/h4-5,7-8,12H,6,9-10H2,1-3H3,(H,20,21,22). The summed E-state index contributed by atoms with van der Waals surface area (Å²) in [5, 5.41) is 3.66. The summed E-state index contributed by atoms with van der Waals surface area (Å²) >= 11 is 5.01. The molecule has 2 aromatic rings. The zero-order chi connectivity index (χ0) is 16.6. The first-order valence-corrected chi connectivity index (χ1v) is 9.49. The number of aromatic nitrogens is 1. The van der Waals surface area contributed by atoms with Crippen LogP contribution in [0.25, 0.3) is 0 Å². The van der Waals surface area contributed by atoms with E-state index in [1.807, 2.05) is 24.3 Å². The van der Waals surface area contributed by atoms with E-state index in [0.717, 1.165) is 22.4 Å². The number of hydrogen-bond acceptors (Lipinski definition) is 3. The van der Waals surface area contributed by atoms with Gasteiger partial charge in [0.2, 0.25) is 0 Å². The van der Waals surface area contributed by atoms with Crippen molar-refractivity contribution in [3.63, 3.8) is 0 Å². The summed E-state index contributed by atoms with van der Waals surface area (Å²) in [4.78, 5) is 18.3. The summed E-state index contributed by atoms with van der Waals surface area (Å²) in [6.45, 7) is 6.92. The minimum Gasteiger partial charge on any atom is -0.298 e. The van der Waals surface area contributed by atoms with Crippen molar-refractivity contribution in [3.8, 4) is 0 Å². The number of rotatable bonds is 2. The van der Waals surface area contributed by atoms with Gasteiger partial charge in [-0.3, -0.25) is 10.1 Å². The molecule has 1 aliphatic rings. The van der Waals surface area contributed by atoms with Crippen molar-refractivity contribution in [2.45, 2.75) is 40.0 Å². The fourth-order valence-corrected chi connectivity index (χ4v) is 4.29. The molecule has 0 spiro atoms. The first kappa shape index (κ1) is 16.7. The van der Waals surface area contributed by atoms with Crippen molar-refractivity contribution >= 4 is 38.3 Å². The number of benzene rings is 1. The van der Waals surface area contributed by atoms with Crippen LogP contribution in [0.3, 0.4) is 0 Å². The highest BCUT2D eigenvalue weighted by Crippen LogP contribution is 2.40. The third-order valence-corrected chi connectivity index (χ3v) is 6.06. The molecule has 0 saturated carbocycles. The fourth-order valence-electron chi connectivity index (χ4n) is 2.94. The lowest BCUT2D eigenvalue weighted by atomic mass is 9.73. The summed E-state index contributed by atoms with van der Waals surface area (Å²) in [5.41, 5.74) is 2.14. The first-order valence-electron chi connectivity index (χ1n) is 7.88. The van der Waals surface area contributed by atoms with Crippen molar-refractivity contribution < 1.29 is 4.79 Å². The number of fused-ring (bicyclic) bond motifs is 1. The Labute approximate surface area is 149 Å². The number of aryl methyl sites for hydroxylation is 1. The molecule has 0 radical (unpaired) electrons. The number of halogens is 1. The number of anilines is 1. The number of nitrogens with one attached hydrogen (secondary N) is 1. The molecular weight excluding hydrogens is 372 g/mol. The third-order valence-electron chi connectivity index (χ3n) is 4.49. The molecule has 1 aliphatic carbocycles. The van der Waals surface area contributed by atoms with E-state index >= 15 is 0 Å². The van der Waals surface area contributed by atoms with Gasteiger partial charge in [0.05, 0.1) is 5.69 Å². The van der Waals surface area contributed by atoms with E-state index in [2.05, 4.69) is 47.0 Å². The van der Waals surface area contributed by atoms with E-state index in [9.17, 15) is 4.79 Å². The Bertz CT molecular complexity index is 716. The average molecular weight is 393 g/mol. The third kappa shape index (κ3) is 3.83. The predicted molar refractivity (Wildman–Crippen MR) is 99.2 cm³/mol. The quantitative estimate of drug-likeness (QED) is 0.752. The van der Waals surface area contributed by atoms with E-state index in [-0.39, 0.29) is 5.91 Å². The van der Waals surface area contributed by atoms with Crippen molar-refractivity contribution in [1.29, 1.82) is 0 Å². The van der Waals surface area contributed by atoms with Crippen LogP contribution in [-0.4, -0.2) is 10.9 Å². The molecule has 0 aliphatic heterocycles. The van der Waals surface area contributed by atoms with Crippen LogP contribution in [0.4, 0.5) is 5.13 Å². The lowest BCUT2D eigenvalue weighted by Crippen LogP contribution is -2.26. The molecule has 0 bridgehead atoms. The maximum Gasteiger partial charge on any atom is 0.257 e. The van der Waals surface area contributed by atoms with Gasteiger partial charge in [0.15, 0.2) is 5.13 Å². The van der Waals surface area contributed by atoms with Crippen LogP contribution in [0.15, 0.2) is 28.7 Å². The number of carbonyl (C=O) groups excluding carboxylic acids is 1. The normalized spacial score (nSPS) is 17.7. The highest BCUT2D eigenvalue weighted by Gasteiger charge is 2.30. The minimum atomic E-state index is -0.101. The molecule has 1 amide bonds. The predicted octanol–water partition coefficient (Wildman–Crippen LogP) is 5.31. The monoisotopic (exact) mass is 392 g/mol. The van der Waals surface area contributed by atoms with Gasteiger partial charge in [0.1, 0.15) is 0 Å². The van der Waals surface area contributed by atoms with Crippen LogP contribution in [0, 0.1) is 11.3 Å². The number of nitrogens with zero attached hydrogens (tertiary/aromatic N) is 1. The molecule has 0 fully saturated rings. The molecule has 5 heteroatoms. The molecule has 1 aromatic heterocycles. The molecule has 1 aromatic carbocycles. The van der Waals surface area contributed by atoms with Gasteiger partial charge in [-0.2, -0.15) is 0 Å². The molecule has 3 rings (SSSR count). The van der Waals surface area contributed by atoms with Crippen LogP contribution in [0.2, 0.25) is 0 Å². The highest BCUT2D eigenvalue weighted by molar-refractivity contribution is 9.10. The largest absolute Gasteiger partial charge is 0.298 e. The van der Waals surface area contributed by atoms with E-state index in [1.165, 1.54) is 17.0 Å². The topological polar surface area (TPSA) is 42.0 Å². The molecule has 1 N–H and O–H groups in total. The Morgan fingerprint density at radius 1 is 1.30 bits per heavy atom. The number of amides is 1. The van der Waals surface area contributed by atoms with Gasteiger partial charge in [-0.15, -0.1) is 11.3 Å². The second-order valence-electron chi connectivity index (χ2n) is 7.16. The van der Waals surface area contributed by atoms with Crippen molar-refractivity contribution in [2.24, 2.45) is 11.3 Å². The van der Waals surface area contributed by atoms with Crippen LogP contribution in [0.1, 0.15) is 48.1 Å². The lowest BCUT2D eigenvalue weighted by Gasteiger charge is -2.33. The van der Waals surface area contributed by atoms with Gasteiger partial charge in [-0.05, 0) is 54.9 Å². The van der Waals surface area contributed by atoms with E-state index < -0.39 is 0 Å². The SMILES string of the molecule is CC(C)(C)C1CCc2nc(NC(=O)c3ccc(Br)cc3)sc2C1. The summed E-state index contributed by atoms with van der Waals surface area (Å²) in [5.74, 6) is 0.585. The van der Waals surface area contributed by atoms with Gasteiger partial charge in [-0.1, -0.05) is 36.7 Å². The van der Waals surface area contributed by atoms with Crippen LogP contribution in [-0.2, 0) is 12.8 Å². The maximum atomic E-state index is 12.3. The van der Waals surface area contributed by atoms with Crippen molar-refractivity contribution in [1.82, 2.24) is 4.98 Å². The molecule has 1 atom stereocenters. The average Bonchev–Trinajstić information content (AvgIpc) is 2.88. The van der Waals surface area contributed by atoms with E-state index in [0.29, 0.717) is 16.9 Å². The highest BCUT2D eigenvalue weighted by atomic mass is 79.9. The van der Waals surface area contributed by atoms with Crippen LogP contribution >= 0.6 is 27.3 Å². The number of thiazole rings is 1. The second kappa shape index (κ2) is 6.36. The zero-order valence-corrected chi connectivity index (χ0v) is 16.1. The summed E-state index contributed by atoms with van der Waals surface area (Å²) in [7, 11) is 0. The van der Waals surface area contributed by atoms with Crippen LogP contribution < -0.4 is 5.32 Å². The Morgan fingerprint density at radius 2 is 2.00 bits per heavy atom. The fraction of sp³-hybridized carbons (Fsp3) is 0.444. The molecule has 3 nitrogen and oxygen atoms in total. The smallest absolute Gasteiger partial charge is 0.257 e. The summed E-state index contributed by atoms with van der Waals surface area (Å²) in [6, 6.07) is 7.36. The van der Waals surface area contributed by atoms with E-state index in [1.54, 1.807) is 11.3 Å².